The highest BCUT2D eigenvalue weighted by Gasteiger charge is 2.67. The van der Waals surface area contributed by atoms with Crippen molar-refractivity contribution in [2.75, 3.05) is 0 Å². The van der Waals surface area contributed by atoms with Crippen LogP contribution in [0.4, 0.5) is 0 Å². The van der Waals surface area contributed by atoms with E-state index in [1.165, 1.54) is 29.7 Å². The minimum Gasteiger partial charge on any atom is -0.256 e. The number of aromatic nitrogens is 2. The molecule has 1 saturated carbocycles. The Bertz CT molecular complexity index is 759. The molecule has 2 heteroatoms. The molecule has 3 aliphatic carbocycles. The molecule has 5 rings (SSSR count). The Morgan fingerprint density at radius 2 is 1.62 bits per heavy atom. The maximum atomic E-state index is 4.73. The molecule has 1 heterocycles. The first-order valence-electron chi connectivity index (χ1n) is 7.66. The molecule has 0 bridgehead atoms. The summed E-state index contributed by atoms with van der Waals surface area (Å²) >= 11 is 0. The zero-order valence-corrected chi connectivity index (χ0v) is 11.7. The minimum absolute atomic E-state index is 0.151. The molecule has 3 atom stereocenters. The second-order valence-corrected chi connectivity index (χ2v) is 6.27. The van der Waals surface area contributed by atoms with E-state index in [9.17, 15) is 0 Å². The fraction of sp³-hybridized carbons (Fsp3) is 0.263. The first kappa shape index (κ1) is 11.4. The van der Waals surface area contributed by atoms with Crippen LogP contribution in [-0.2, 0) is 5.41 Å². The van der Waals surface area contributed by atoms with E-state index in [2.05, 4.69) is 53.5 Å². The normalized spacial score (nSPS) is 31.7. The van der Waals surface area contributed by atoms with Gasteiger partial charge < -0.3 is 0 Å². The molecule has 0 amide bonds. The van der Waals surface area contributed by atoms with Gasteiger partial charge in [-0.1, -0.05) is 48.6 Å². The van der Waals surface area contributed by atoms with Crippen molar-refractivity contribution in [1.29, 1.82) is 0 Å². The van der Waals surface area contributed by atoms with Crippen LogP contribution in [0.3, 0.4) is 0 Å². The number of fused-ring (bicyclic) bond motifs is 5. The summed E-state index contributed by atoms with van der Waals surface area (Å²) in [6, 6.07) is 10.6. The molecule has 1 fully saturated rings. The second-order valence-electron chi connectivity index (χ2n) is 6.27. The van der Waals surface area contributed by atoms with E-state index >= 15 is 0 Å². The highest BCUT2D eigenvalue weighted by molar-refractivity contribution is 5.86. The van der Waals surface area contributed by atoms with Gasteiger partial charge in [0.05, 0.1) is 11.4 Å². The molecule has 1 aromatic heterocycles. The van der Waals surface area contributed by atoms with Gasteiger partial charge in [0.15, 0.2) is 0 Å². The molecular weight excluding hydrogens is 256 g/mol. The maximum absolute atomic E-state index is 4.73. The Hall–Kier alpha value is -2.22. The number of hydrogen-bond acceptors (Lipinski definition) is 2. The summed E-state index contributed by atoms with van der Waals surface area (Å²) in [7, 11) is 0. The van der Waals surface area contributed by atoms with Crippen LogP contribution >= 0.6 is 0 Å². The minimum atomic E-state index is 0.151. The zero-order valence-electron chi connectivity index (χ0n) is 11.7. The van der Waals surface area contributed by atoms with E-state index in [1.54, 1.807) is 0 Å². The van der Waals surface area contributed by atoms with Gasteiger partial charge in [0, 0.05) is 23.4 Å². The van der Waals surface area contributed by atoms with Crippen molar-refractivity contribution in [3.63, 3.8) is 0 Å². The van der Waals surface area contributed by atoms with Crippen molar-refractivity contribution in [2.24, 2.45) is 11.8 Å². The molecule has 1 spiro atoms. The van der Waals surface area contributed by atoms with Gasteiger partial charge in [0.1, 0.15) is 0 Å². The van der Waals surface area contributed by atoms with Crippen molar-refractivity contribution >= 4 is 5.57 Å². The van der Waals surface area contributed by atoms with Crippen LogP contribution in [0.1, 0.15) is 29.8 Å². The highest BCUT2D eigenvalue weighted by Crippen LogP contribution is 2.69. The molecule has 0 radical (unpaired) electrons. The summed E-state index contributed by atoms with van der Waals surface area (Å²) in [6.07, 6.45) is 13.2. The number of benzene rings is 1. The van der Waals surface area contributed by atoms with Gasteiger partial charge in [0.25, 0.3) is 0 Å². The third kappa shape index (κ3) is 1.37. The predicted octanol–water partition coefficient (Wildman–Crippen LogP) is 3.76. The molecular formula is C19H16N2. The summed E-state index contributed by atoms with van der Waals surface area (Å²) in [4.78, 5) is 9.39. The molecule has 0 N–H and O–H groups in total. The van der Waals surface area contributed by atoms with Crippen molar-refractivity contribution < 1.29 is 0 Å². The van der Waals surface area contributed by atoms with Gasteiger partial charge >= 0.3 is 0 Å². The lowest BCUT2D eigenvalue weighted by Crippen LogP contribution is -2.08. The monoisotopic (exact) mass is 272 g/mol. The Morgan fingerprint density at radius 3 is 2.38 bits per heavy atom. The van der Waals surface area contributed by atoms with E-state index in [-0.39, 0.29) is 5.41 Å². The maximum Gasteiger partial charge on any atom is 0.0929 e. The van der Waals surface area contributed by atoms with Gasteiger partial charge in [-0.25, -0.2) is 0 Å². The lowest BCUT2D eigenvalue weighted by atomic mass is 9.99. The van der Waals surface area contributed by atoms with E-state index in [0.29, 0.717) is 0 Å². The molecule has 2 aromatic rings. The summed E-state index contributed by atoms with van der Waals surface area (Å²) < 4.78 is 0. The average Bonchev–Trinajstić information content (AvgIpc) is 3.07. The number of rotatable bonds is 1. The zero-order chi connectivity index (χ0) is 13.9. The first-order chi connectivity index (χ1) is 10.4. The SMILES string of the molecule is C1=CC[C@H]2[C@@H](C1)C21C=C(c2ccccc2)c2nccnc21. The molecule has 3 aliphatic rings. The Kier molecular flexibility index (Phi) is 2.13. The van der Waals surface area contributed by atoms with Crippen LogP contribution in [0.25, 0.3) is 5.57 Å². The smallest absolute Gasteiger partial charge is 0.0929 e. The number of allylic oxidation sites excluding steroid dienone is 3. The lowest BCUT2D eigenvalue weighted by Gasteiger charge is -2.08. The lowest BCUT2D eigenvalue weighted by molar-refractivity contribution is 0.689. The Balaban J connectivity index is 1.71. The molecule has 1 aromatic carbocycles. The largest absolute Gasteiger partial charge is 0.256 e. The summed E-state index contributed by atoms with van der Waals surface area (Å²) in [6.45, 7) is 0. The standard InChI is InChI=1S/C19H16N2/c1-2-6-13(7-3-1)14-12-19(15-8-4-5-9-16(15)19)18-17(14)20-10-11-21-18/h1-7,10-12,15-16H,8-9H2/t15-,16+,19?. The third-order valence-corrected chi connectivity index (χ3v) is 5.38. The molecule has 1 unspecified atom stereocenters. The summed E-state index contributed by atoms with van der Waals surface area (Å²) in [5.74, 6) is 1.44. The van der Waals surface area contributed by atoms with E-state index in [0.717, 1.165) is 17.5 Å². The molecule has 2 nitrogen and oxygen atoms in total. The van der Waals surface area contributed by atoms with Gasteiger partial charge in [0.2, 0.25) is 0 Å². The second kappa shape index (κ2) is 3.91. The van der Waals surface area contributed by atoms with Crippen molar-refractivity contribution in [3.05, 3.63) is 77.9 Å². The number of nitrogens with zero attached hydrogens (tertiary/aromatic N) is 2. The van der Waals surface area contributed by atoms with Gasteiger partial charge in [-0.3, -0.25) is 9.97 Å². The Labute approximate surface area is 124 Å². The van der Waals surface area contributed by atoms with Gasteiger partial charge in [-0.2, -0.15) is 0 Å². The van der Waals surface area contributed by atoms with Gasteiger partial charge in [-0.05, 0) is 30.2 Å². The first-order valence-corrected chi connectivity index (χ1v) is 7.66. The van der Waals surface area contributed by atoms with E-state index < -0.39 is 0 Å². The molecule has 0 aliphatic heterocycles. The quantitative estimate of drug-likeness (QED) is 0.739. The third-order valence-electron chi connectivity index (χ3n) is 5.38. The fourth-order valence-electron chi connectivity index (χ4n) is 4.40. The van der Waals surface area contributed by atoms with Crippen LogP contribution in [-0.4, -0.2) is 9.97 Å². The van der Waals surface area contributed by atoms with Crippen molar-refractivity contribution in [1.82, 2.24) is 9.97 Å². The van der Waals surface area contributed by atoms with Crippen LogP contribution in [0.15, 0.2) is 61.0 Å². The molecule has 21 heavy (non-hydrogen) atoms. The average molecular weight is 272 g/mol. The van der Waals surface area contributed by atoms with Crippen LogP contribution in [0.2, 0.25) is 0 Å². The molecule has 102 valence electrons. The van der Waals surface area contributed by atoms with E-state index in [1.807, 2.05) is 12.4 Å². The summed E-state index contributed by atoms with van der Waals surface area (Å²) in [5, 5.41) is 0. The predicted molar refractivity (Wildman–Crippen MR) is 82.6 cm³/mol. The van der Waals surface area contributed by atoms with Crippen LogP contribution in [0.5, 0.6) is 0 Å². The number of hydrogen-bond donors (Lipinski definition) is 0. The summed E-state index contributed by atoms with van der Waals surface area (Å²) in [5.41, 5.74) is 4.99. The van der Waals surface area contributed by atoms with E-state index in [4.69, 9.17) is 4.98 Å². The topological polar surface area (TPSA) is 25.8 Å². The Morgan fingerprint density at radius 1 is 0.905 bits per heavy atom. The van der Waals surface area contributed by atoms with Crippen LogP contribution in [0, 0.1) is 11.8 Å². The molecule has 0 saturated heterocycles. The highest BCUT2D eigenvalue weighted by atomic mass is 14.9. The van der Waals surface area contributed by atoms with Crippen molar-refractivity contribution in [2.45, 2.75) is 18.3 Å². The van der Waals surface area contributed by atoms with Crippen LogP contribution < -0.4 is 0 Å². The van der Waals surface area contributed by atoms with Crippen molar-refractivity contribution in [3.8, 4) is 0 Å². The van der Waals surface area contributed by atoms with Gasteiger partial charge in [-0.15, -0.1) is 0 Å². The fourth-order valence-corrected chi connectivity index (χ4v) is 4.40.